The maximum Gasteiger partial charge on any atom is 0.302 e. The van der Waals surface area contributed by atoms with E-state index in [0.29, 0.717) is 13.1 Å². The summed E-state index contributed by atoms with van der Waals surface area (Å²) in [4.78, 5) is 26.6. The summed E-state index contributed by atoms with van der Waals surface area (Å²) in [6, 6.07) is 0. The van der Waals surface area contributed by atoms with Crippen molar-refractivity contribution in [2.45, 2.75) is 38.7 Å². The van der Waals surface area contributed by atoms with E-state index in [1.165, 1.54) is 26.2 Å². The van der Waals surface area contributed by atoms with Crippen LogP contribution in [0.5, 0.6) is 0 Å². The fraction of sp³-hybridized carbons (Fsp3) is 0.733. The van der Waals surface area contributed by atoms with Crippen molar-refractivity contribution in [3.63, 3.8) is 0 Å². The number of ether oxygens (including phenoxy) is 1. The quantitative estimate of drug-likeness (QED) is 0.561. The van der Waals surface area contributed by atoms with Crippen LogP contribution in [0.15, 0.2) is 0 Å². The van der Waals surface area contributed by atoms with Crippen molar-refractivity contribution in [1.29, 1.82) is 0 Å². The molecule has 5 heteroatoms. The molecule has 0 radical (unpaired) electrons. The highest BCUT2D eigenvalue weighted by Gasteiger charge is 2.30. The van der Waals surface area contributed by atoms with Crippen LogP contribution in [0.25, 0.3) is 0 Å². The number of likely N-dealkylation sites (tertiary alicyclic amines) is 2. The number of rotatable bonds is 3. The van der Waals surface area contributed by atoms with Gasteiger partial charge in [0.1, 0.15) is 6.10 Å². The van der Waals surface area contributed by atoms with Crippen LogP contribution in [0.3, 0.4) is 0 Å². The Morgan fingerprint density at radius 1 is 1.25 bits per heavy atom. The zero-order chi connectivity index (χ0) is 14.4. The molecule has 0 N–H and O–H groups in total. The highest BCUT2D eigenvalue weighted by atomic mass is 16.5. The van der Waals surface area contributed by atoms with E-state index in [1.54, 1.807) is 4.90 Å². The number of amides is 1. The number of esters is 1. The Morgan fingerprint density at radius 3 is 2.65 bits per heavy atom. The van der Waals surface area contributed by atoms with Gasteiger partial charge in [-0.25, -0.2) is 0 Å². The monoisotopic (exact) mass is 278 g/mol. The highest BCUT2D eigenvalue weighted by Crippen LogP contribution is 2.13. The molecule has 2 fully saturated rings. The average molecular weight is 278 g/mol. The van der Waals surface area contributed by atoms with E-state index >= 15 is 0 Å². The lowest BCUT2D eigenvalue weighted by atomic mass is 10.1. The smallest absolute Gasteiger partial charge is 0.302 e. The van der Waals surface area contributed by atoms with E-state index in [1.807, 2.05) is 0 Å². The molecule has 20 heavy (non-hydrogen) atoms. The molecule has 0 aromatic heterocycles. The lowest BCUT2D eigenvalue weighted by Crippen LogP contribution is -2.30. The van der Waals surface area contributed by atoms with Gasteiger partial charge in [0, 0.05) is 6.92 Å². The lowest BCUT2D eigenvalue weighted by molar-refractivity contribution is -0.145. The number of carbonyl (C=O) groups excluding carboxylic acids is 2. The molecule has 0 bridgehead atoms. The van der Waals surface area contributed by atoms with Gasteiger partial charge in [-0.1, -0.05) is 18.3 Å². The van der Waals surface area contributed by atoms with E-state index in [0.717, 1.165) is 19.6 Å². The summed E-state index contributed by atoms with van der Waals surface area (Å²) >= 11 is 0. The van der Waals surface area contributed by atoms with E-state index in [-0.39, 0.29) is 24.4 Å². The molecular weight excluding hydrogens is 256 g/mol. The summed E-state index contributed by atoms with van der Waals surface area (Å²) in [5, 5.41) is 0. The predicted molar refractivity (Wildman–Crippen MR) is 74.8 cm³/mol. The van der Waals surface area contributed by atoms with Gasteiger partial charge >= 0.3 is 5.97 Å². The molecule has 5 nitrogen and oxygen atoms in total. The molecule has 110 valence electrons. The third-order valence-electron chi connectivity index (χ3n) is 3.66. The van der Waals surface area contributed by atoms with Crippen LogP contribution in [-0.4, -0.2) is 60.5 Å². The van der Waals surface area contributed by atoms with E-state index in [4.69, 9.17) is 4.74 Å². The molecule has 0 unspecified atom stereocenters. The SMILES string of the molecule is CC(=O)O[C@@H]1CC(=O)N(CC#CCN2CCCCC2)C1. The Balaban J connectivity index is 1.71. The lowest BCUT2D eigenvalue weighted by Gasteiger charge is -2.23. The van der Waals surface area contributed by atoms with Crippen LogP contribution in [0.1, 0.15) is 32.6 Å². The van der Waals surface area contributed by atoms with Crippen molar-refractivity contribution in [3.05, 3.63) is 0 Å². The summed E-state index contributed by atoms with van der Waals surface area (Å²) in [6.07, 6.45) is 3.83. The van der Waals surface area contributed by atoms with Gasteiger partial charge in [0.2, 0.25) is 5.91 Å². The van der Waals surface area contributed by atoms with E-state index in [9.17, 15) is 9.59 Å². The Bertz CT molecular complexity index is 419. The van der Waals surface area contributed by atoms with E-state index in [2.05, 4.69) is 16.7 Å². The first-order valence-electron chi connectivity index (χ1n) is 7.28. The van der Waals surface area contributed by atoms with Crippen LogP contribution in [-0.2, 0) is 14.3 Å². The summed E-state index contributed by atoms with van der Waals surface area (Å²) in [6.45, 7) is 5.32. The zero-order valence-corrected chi connectivity index (χ0v) is 12.1. The third-order valence-corrected chi connectivity index (χ3v) is 3.66. The minimum absolute atomic E-state index is 0.0172. The second kappa shape index (κ2) is 7.30. The van der Waals surface area contributed by atoms with Gasteiger partial charge in [-0.2, -0.15) is 0 Å². The zero-order valence-electron chi connectivity index (χ0n) is 12.1. The van der Waals surface area contributed by atoms with Crippen molar-refractivity contribution in [2.24, 2.45) is 0 Å². The fourth-order valence-electron chi connectivity index (χ4n) is 2.64. The Hall–Kier alpha value is -1.54. The molecule has 0 aliphatic carbocycles. The summed E-state index contributed by atoms with van der Waals surface area (Å²) < 4.78 is 5.06. The first-order valence-corrected chi connectivity index (χ1v) is 7.28. The fourth-order valence-corrected chi connectivity index (χ4v) is 2.64. The topological polar surface area (TPSA) is 49.9 Å². The Labute approximate surface area is 120 Å². The molecule has 0 aromatic rings. The van der Waals surface area contributed by atoms with Crippen LogP contribution in [0, 0.1) is 11.8 Å². The standard InChI is InChI=1S/C15H22N2O3/c1-13(18)20-14-11-15(19)17(12-14)10-6-5-9-16-7-3-2-4-8-16/h14H,2-4,7-12H2,1H3/t14-/m1/s1. The number of nitrogens with zero attached hydrogens (tertiary/aromatic N) is 2. The highest BCUT2D eigenvalue weighted by molar-refractivity contribution is 5.80. The van der Waals surface area contributed by atoms with Crippen molar-refractivity contribution >= 4 is 11.9 Å². The van der Waals surface area contributed by atoms with Crippen LogP contribution >= 0.6 is 0 Å². The van der Waals surface area contributed by atoms with Crippen molar-refractivity contribution < 1.29 is 14.3 Å². The molecule has 2 aliphatic heterocycles. The minimum Gasteiger partial charge on any atom is -0.460 e. The molecule has 2 heterocycles. The molecule has 0 aromatic carbocycles. The van der Waals surface area contributed by atoms with Gasteiger partial charge < -0.3 is 9.64 Å². The van der Waals surface area contributed by atoms with Crippen molar-refractivity contribution in [3.8, 4) is 11.8 Å². The minimum atomic E-state index is -0.333. The third kappa shape index (κ3) is 4.53. The van der Waals surface area contributed by atoms with Crippen molar-refractivity contribution in [2.75, 3.05) is 32.7 Å². The molecule has 2 saturated heterocycles. The molecule has 2 aliphatic rings. The maximum atomic E-state index is 11.7. The maximum absolute atomic E-state index is 11.7. The second-order valence-electron chi connectivity index (χ2n) is 5.40. The van der Waals surface area contributed by atoms with Crippen LogP contribution in [0.2, 0.25) is 0 Å². The summed E-state index contributed by atoms with van der Waals surface area (Å²) in [5.74, 6) is 5.87. The van der Waals surface area contributed by atoms with Crippen LogP contribution in [0.4, 0.5) is 0 Å². The molecule has 0 spiro atoms. The van der Waals surface area contributed by atoms with Crippen LogP contribution < -0.4 is 0 Å². The molecule has 0 saturated carbocycles. The molecule has 1 amide bonds. The van der Waals surface area contributed by atoms with Gasteiger partial charge in [0.25, 0.3) is 0 Å². The average Bonchev–Trinajstić information content (AvgIpc) is 2.75. The largest absolute Gasteiger partial charge is 0.460 e. The van der Waals surface area contributed by atoms with Gasteiger partial charge in [0.05, 0.1) is 26.1 Å². The van der Waals surface area contributed by atoms with Gasteiger partial charge in [-0.3, -0.25) is 14.5 Å². The van der Waals surface area contributed by atoms with Gasteiger partial charge in [-0.15, -0.1) is 0 Å². The van der Waals surface area contributed by atoms with E-state index < -0.39 is 0 Å². The number of hydrogen-bond donors (Lipinski definition) is 0. The Morgan fingerprint density at radius 2 is 1.95 bits per heavy atom. The number of carbonyl (C=O) groups is 2. The van der Waals surface area contributed by atoms with Gasteiger partial charge in [0.15, 0.2) is 0 Å². The molecule has 2 rings (SSSR count). The summed E-state index contributed by atoms with van der Waals surface area (Å²) in [7, 11) is 0. The van der Waals surface area contributed by atoms with Gasteiger partial charge in [-0.05, 0) is 25.9 Å². The number of hydrogen-bond acceptors (Lipinski definition) is 4. The predicted octanol–water partition coefficient (Wildman–Crippen LogP) is 0.640. The number of piperidine rings is 1. The first kappa shape index (κ1) is 14.9. The molecular formula is C15H22N2O3. The first-order chi connectivity index (χ1) is 9.65. The second-order valence-corrected chi connectivity index (χ2v) is 5.40. The summed E-state index contributed by atoms with van der Waals surface area (Å²) in [5.41, 5.74) is 0. The Kier molecular flexibility index (Phi) is 5.42. The van der Waals surface area contributed by atoms with Crippen molar-refractivity contribution in [1.82, 2.24) is 9.80 Å². The molecule has 1 atom stereocenters. The normalized spacial score (nSPS) is 23.4.